The minimum absolute atomic E-state index is 0.206. The molecule has 0 aliphatic carbocycles. The Balaban J connectivity index is 2.05. The van der Waals surface area contributed by atoms with Crippen molar-refractivity contribution < 1.29 is 9.90 Å². The molecule has 110 valence electrons. The van der Waals surface area contributed by atoms with E-state index in [0.29, 0.717) is 6.42 Å². The zero-order chi connectivity index (χ0) is 15.5. The van der Waals surface area contributed by atoms with E-state index in [1.165, 1.54) is 5.56 Å². The molecule has 3 nitrogen and oxygen atoms in total. The molecule has 22 heavy (non-hydrogen) atoms. The molecular weight excluding hydrogens is 274 g/mol. The Bertz CT molecular complexity index is 831. The van der Waals surface area contributed by atoms with Gasteiger partial charge in [0, 0.05) is 29.7 Å². The van der Waals surface area contributed by atoms with Crippen LogP contribution in [-0.2, 0) is 17.8 Å². The van der Waals surface area contributed by atoms with Gasteiger partial charge in [0.25, 0.3) is 0 Å². The highest BCUT2D eigenvalue weighted by Crippen LogP contribution is 2.23. The van der Waals surface area contributed by atoms with Crippen LogP contribution in [0.5, 0.6) is 0 Å². The third-order valence-electron chi connectivity index (χ3n) is 3.78. The molecule has 0 bridgehead atoms. The Morgan fingerprint density at radius 1 is 1.05 bits per heavy atom. The van der Waals surface area contributed by atoms with Crippen LogP contribution < -0.4 is 0 Å². The van der Waals surface area contributed by atoms with Crippen molar-refractivity contribution in [3.8, 4) is 0 Å². The number of aliphatic carboxylic acids is 1. The summed E-state index contributed by atoms with van der Waals surface area (Å²) < 4.78 is 2.17. The molecule has 0 saturated carbocycles. The Kier molecular flexibility index (Phi) is 3.79. The summed E-state index contributed by atoms with van der Waals surface area (Å²) in [7, 11) is 0. The molecule has 3 rings (SSSR count). The van der Waals surface area contributed by atoms with Gasteiger partial charge < -0.3 is 9.67 Å². The average Bonchev–Trinajstić information content (AvgIpc) is 2.86. The fourth-order valence-corrected chi connectivity index (χ4v) is 2.66. The van der Waals surface area contributed by atoms with Crippen molar-refractivity contribution in [2.75, 3.05) is 0 Å². The third kappa shape index (κ3) is 2.79. The van der Waals surface area contributed by atoms with Crippen LogP contribution in [0, 0.1) is 0 Å². The molecule has 0 unspecified atom stereocenters. The first-order valence-electron chi connectivity index (χ1n) is 7.17. The standard InChI is InChI=1S/C19H17NO2/c1-14(19(21)22)11-17-12-16-9-5-6-10-18(16)20(17)13-15-7-3-2-4-8-15/h2-10,12H,1,11,13H2,(H,21,22). The zero-order valence-electron chi connectivity index (χ0n) is 12.2. The Hall–Kier alpha value is -2.81. The van der Waals surface area contributed by atoms with Gasteiger partial charge >= 0.3 is 5.97 Å². The Morgan fingerprint density at radius 3 is 2.45 bits per heavy atom. The first kappa shape index (κ1) is 14.1. The summed E-state index contributed by atoms with van der Waals surface area (Å²) >= 11 is 0. The molecule has 0 spiro atoms. The highest BCUT2D eigenvalue weighted by molar-refractivity contribution is 5.87. The van der Waals surface area contributed by atoms with E-state index >= 15 is 0 Å². The summed E-state index contributed by atoms with van der Waals surface area (Å²) in [5.74, 6) is -0.948. The van der Waals surface area contributed by atoms with Gasteiger partial charge in [-0.15, -0.1) is 0 Å². The number of nitrogens with zero attached hydrogens (tertiary/aromatic N) is 1. The number of hydrogen-bond donors (Lipinski definition) is 1. The van der Waals surface area contributed by atoms with E-state index in [2.05, 4.69) is 29.3 Å². The fourth-order valence-electron chi connectivity index (χ4n) is 2.66. The fraction of sp³-hybridized carbons (Fsp3) is 0.105. The molecule has 1 aromatic heterocycles. The summed E-state index contributed by atoms with van der Waals surface area (Å²) in [5, 5.41) is 10.2. The van der Waals surface area contributed by atoms with Crippen LogP contribution in [0.25, 0.3) is 10.9 Å². The maximum atomic E-state index is 11.1. The van der Waals surface area contributed by atoms with Crippen LogP contribution in [0.2, 0.25) is 0 Å². The second-order valence-corrected chi connectivity index (χ2v) is 5.35. The summed E-state index contributed by atoms with van der Waals surface area (Å²) in [6.07, 6.45) is 0.344. The number of carboxylic acid groups (broad SMARTS) is 1. The van der Waals surface area contributed by atoms with Gasteiger partial charge in [0.1, 0.15) is 0 Å². The maximum absolute atomic E-state index is 11.1. The minimum Gasteiger partial charge on any atom is -0.478 e. The normalized spacial score (nSPS) is 10.7. The first-order chi connectivity index (χ1) is 10.6. The lowest BCUT2D eigenvalue weighted by molar-refractivity contribution is -0.132. The van der Waals surface area contributed by atoms with Crippen LogP contribution in [0.15, 0.2) is 72.8 Å². The Labute approximate surface area is 129 Å². The summed E-state index contributed by atoms with van der Waals surface area (Å²) in [6.45, 7) is 4.37. The average molecular weight is 291 g/mol. The molecule has 0 aliphatic heterocycles. The zero-order valence-corrected chi connectivity index (χ0v) is 12.2. The van der Waals surface area contributed by atoms with Crippen molar-refractivity contribution in [1.29, 1.82) is 0 Å². The van der Waals surface area contributed by atoms with Crippen LogP contribution >= 0.6 is 0 Å². The highest BCUT2D eigenvalue weighted by atomic mass is 16.4. The van der Waals surface area contributed by atoms with Gasteiger partial charge in [-0.2, -0.15) is 0 Å². The lowest BCUT2D eigenvalue weighted by Gasteiger charge is -2.11. The molecule has 3 heteroatoms. The minimum atomic E-state index is -0.948. The van der Waals surface area contributed by atoms with Gasteiger partial charge in [0.15, 0.2) is 0 Å². The molecule has 2 aromatic carbocycles. The number of rotatable bonds is 5. The number of carbonyl (C=O) groups is 1. The van der Waals surface area contributed by atoms with Crippen molar-refractivity contribution in [2.24, 2.45) is 0 Å². The molecule has 0 aliphatic rings. The van der Waals surface area contributed by atoms with Crippen molar-refractivity contribution in [2.45, 2.75) is 13.0 Å². The van der Waals surface area contributed by atoms with Crippen molar-refractivity contribution in [3.63, 3.8) is 0 Å². The van der Waals surface area contributed by atoms with Gasteiger partial charge in [-0.3, -0.25) is 0 Å². The molecule has 0 saturated heterocycles. The highest BCUT2D eigenvalue weighted by Gasteiger charge is 2.13. The van der Waals surface area contributed by atoms with Crippen LogP contribution in [0.4, 0.5) is 0 Å². The molecule has 0 atom stereocenters. The number of fused-ring (bicyclic) bond motifs is 1. The quantitative estimate of drug-likeness (QED) is 0.725. The topological polar surface area (TPSA) is 42.2 Å². The van der Waals surface area contributed by atoms with Crippen molar-refractivity contribution in [3.05, 3.63) is 84.1 Å². The predicted octanol–water partition coefficient (Wildman–Crippen LogP) is 3.87. The van der Waals surface area contributed by atoms with E-state index in [4.69, 9.17) is 5.11 Å². The molecule has 0 fully saturated rings. The predicted molar refractivity (Wildman–Crippen MR) is 88.0 cm³/mol. The summed E-state index contributed by atoms with van der Waals surface area (Å²) in [6, 6.07) is 20.3. The molecular formula is C19H17NO2. The van der Waals surface area contributed by atoms with Gasteiger partial charge in [-0.05, 0) is 23.1 Å². The smallest absolute Gasteiger partial charge is 0.331 e. The summed E-state index contributed by atoms with van der Waals surface area (Å²) in [5.41, 5.74) is 3.47. The van der Waals surface area contributed by atoms with E-state index in [9.17, 15) is 4.79 Å². The van der Waals surface area contributed by atoms with Gasteiger partial charge in [0.2, 0.25) is 0 Å². The molecule has 3 aromatic rings. The first-order valence-corrected chi connectivity index (χ1v) is 7.17. The van der Waals surface area contributed by atoms with Crippen LogP contribution in [0.3, 0.4) is 0 Å². The monoisotopic (exact) mass is 291 g/mol. The van der Waals surface area contributed by atoms with Gasteiger partial charge in [-0.25, -0.2) is 4.79 Å². The third-order valence-corrected chi connectivity index (χ3v) is 3.78. The molecule has 0 radical (unpaired) electrons. The summed E-state index contributed by atoms with van der Waals surface area (Å²) in [4.78, 5) is 11.1. The second kappa shape index (κ2) is 5.90. The number of carboxylic acids is 1. The van der Waals surface area contributed by atoms with E-state index in [-0.39, 0.29) is 5.57 Å². The van der Waals surface area contributed by atoms with E-state index in [1.54, 1.807) is 0 Å². The van der Waals surface area contributed by atoms with Crippen molar-refractivity contribution in [1.82, 2.24) is 4.57 Å². The Morgan fingerprint density at radius 2 is 1.73 bits per heavy atom. The number of aromatic nitrogens is 1. The lowest BCUT2D eigenvalue weighted by Crippen LogP contribution is -2.08. The molecule has 1 N–H and O–H groups in total. The van der Waals surface area contributed by atoms with E-state index in [0.717, 1.165) is 23.1 Å². The van der Waals surface area contributed by atoms with Crippen LogP contribution in [0.1, 0.15) is 11.3 Å². The molecule has 0 amide bonds. The van der Waals surface area contributed by atoms with Gasteiger partial charge in [-0.1, -0.05) is 55.1 Å². The second-order valence-electron chi connectivity index (χ2n) is 5.35. The number of hydrogen-bond acceptors (Lipinski definition) is 1. The number of benzene rings is 2. The van der Waals surface area contributed by atoms with Crippen molar-refractivity contribution >= 4 is 16.9 Å². The maximum Gasteiger partial charge on any atom is 0.331 e. The largest absolute Gasteiger partial charge is 0.478 e. The van der Waals surface area contributed by atoms with E-state index in [1.807, 2.05) is 42.5 Å². The van der Waals surface area contributed by atoms with Crippen LogP contribution in [-0.4, -0.2) is 15.6 Å². The van der Waals surface area contributed by atoms with Gasteiger partial charge in [0.05, 0.1) is 0 Å². The SMILES string of the molecule is C=C(Cc1cc2ccccc2n1Cc1ccccc1)C(=O)O. The molecule has 1 heterocycles. The van der Waals surface area contributed by atoms with E-state index < -0.39 is 5.97 Å². The number of para-hydroxylation sites is 1. The lowest BCUT2D eigenvalue weighted by atomic mass is 10.1.